The molecule has 0 spiro atoms. The van der Waals surface area contributed by atoms with Gasteiger partial charge in [-0.2, -0.15) is 0 Å². The predicted octanol–water partition coefficient (Wildman–Crippen LogP) is 1.89. The van der Waals surface area contributed by atoms with Crippen LogP contribution in [0.25, 0.3) is 0 Å². The van der Waals surface area contributed by atoms with Crippen LogP contribution < -0.4 is 5.32 Å². The first kappa shape index (κ1) is 13.4. The molecule has 2 rings (SSSR count). The Morgan fingerprint density at radius 3 is 2.89 bits per heavy atom. The number of carbonyl (C=O) groups is 1. The lowest BCUT2D eigenvalue weighted by molar-refractivity contribution is -0.142. The minimum Gasteiger partial charge on any atom is -0.469 e. The predicted molar refractivity (Wildman–Crippen MR) is 69.2 cm³/mol. The van der Waals surface area contributed by atoms with Crippen molar-refractivity contribution in [2.24, 2.45) is 0 Å². The maximum Gasteiger partial charge on any atom is 0.307 e. The van der Waals surface area contributed by atoms with E-state index in [9.17, 15) is 4.79 Å². The number of rotatable bonds is 5. The number of ether oxygens (including phenoxy) is 1. The van der Waals surface area contributed by atoms with Gasteiger partial charge in [-0.15, -0.1) is 5.10 Å². The summed E-state index contributed by atoms with van der Waals surface area (Å²) in [5, 5.41) is 9.46. The Morgan fingerprint density at radius 2 is 2.28 bits per heavy atom. The molecule has 0 aromatic carbocycles. The van der Waals surface area contributed by atoms with Crippen LogP contribution in [0.2, 0.25) is 0 Å². The Hall–Kier alpha value is -1.01. The summed E-state index contributed by atoms with van der Waals surface area (Å²) in [6.07, 6.45) is 6.09. The van der Waals surface area contributed by atoms with Gasteiger partial charge in [-0.1, -0.05) is 23.8 Å². The first-order valence-corrected chi connectivity index (χ1v) is 7.15. The number of esters is 1. The molecule has 0 amide bonds. The van der Waals surface area contributed by atoms with Crippen molar-refractivity contribution < 1.29 is 9.53 Å². The Morgan fingerprint density at radius 1 is 1.50 bits per heavy atom. The third-order valence-corrected chi connectivity index (χ3v) is 4.12. The molecule has 18 heavy (non-hydrogen) atoms. The molecule has 1 aromatic rings. The van der Waals surface area contributed by atoms with Crippen LogP contribution in [-0.2, 0) is 16.1 Å². The average molecular weight is 269 g/mol. The lowest BCUT2D eigenvalue weighted by atomic mass is 9.79. The number of aromatic nitrogens is 2. The van der Waals surface area contributed by atoms with E-state index in [4.69, 9.17) is 4.74 Å². The van der Waals surface area contributed by atoms with E-state index < -0.39 is 0 Å². The molecule has 0 saturated heterocycles. The molecule has 6 heteroatoms. The van der Waals surface area contributed by atoms with Crippen LogP contribution in [0, 0.1) is 0 Å². The van der Waals surface area contributed by atoms with Crippen molar-refractivity contribution in [3.63, 3.8) is 0 Å². The quantitative estimate of drug-likeness (QED) is 0.827. The fraction of sp³-hybridized carbons (Fsp3) is 0.750. The van der Waals surface area contributed by atoms with Gasteiger partial charge in [0.2, 0.25) is 0 Å². The zero-order chi connectivity index (χ0) is 12.8. The Balaban J connectivity index is 1.97. The second-order valence-corrected chi connectivity index (χ2v) is 5.45. The van der Waals surface area contributed by atoms with Crippen LogP contribution in [0.1, 0.15) is 44.2 Å². The van der Waals surface area contributed by atoms with Crippen molar-refractivity contribution in [3.05, 3.63) is 11.1 Å². The van der Waals surface area contributed by atoms with Gasteiger partial charge in [0.1, 0.15) is 0 Å². The van der Waals surface area contributed by atoms with E-state index in [1.807, 2.05) is 5.38 Å². The molecule has 1 N–H and O–H groups in total. The normalized spacial score (nSPS) is 18.5. The van der Waals surface area contributed by atoms with E-state index in [2.05, 4.69) is 14.9 Å². The third-order valence-electron chi connectivity index (χ3n) is 3.57. The minimum absolute atomic E-state index is 0.116. The number of hydrogen-bond acceptors (Lipinski definition) is 6. The van der Waals surface area contributed by atoms with Crippen LogP contribution in [0.3, 0.4) is 0 Å². The largest absolute Gasteiger partial charge is 0.469 e. The van der Waals surface area contributed by atoms with Gasteiger partial charge in [-0.05, 0) is 24.4 Å². The third kappa shape index (κ3) is 3.49. The van der Waals surface area contributed by atoms with Gasteiger partial charge in [-0.25, -0.2) is 0 Å². The highest BCUT2D eigenvalue weighted by Gasteiger charge is 2.34. The van der Waals surface area contributed by atoms with Crippen LogP contribution in [-0.4, -0.2) is 28.2 Å². The summed E-state index contributed by atoms with van der Waals surface area (Å²) in [5.74, 6) is -0.138. The molecule has 0 bridgehead atoms. The van der Waals surface area contributed by atoms with Gasteiger partial charge in [0.05, 0.1) is 19.2 Å². The van der Waals surface area contributed by atoms with Gasteiger partial charge in [-0.3, -0.25) is 4.79 Å². The lowest BCUT2D eigenvalue weighted by Gasteiger charge is -2.37. The highest BCUT2D eigenvalue weighted by Crippen LogP contribution is 2.31. The summed E-state index contributed by atoms with van der Waals surface area (Å²) >= 11 is 1.35. The molecule has 1 aromatic heterocycles. The maximum absolute atomic E-state index is 11.6. The standard InChI is InChI=1S/C12H19N3O2S/c1-17-11(16)7-12(5-3-2-4-6-12)13-8-10-9-18-15-14-10/h9,13H,2-8H2,1H3. The molecule has 0 atom stereocenters. The number of nitrogens with one attached hydrogen (secondary N) is 1. The second-order valence-electron chi connectivity index (χ2n) is 4.84. The topological polar surface area (TPSA) is 64.1 Å². The molecule has 1 aliphatic rings. The number of carbonyl (C=O) groups excluding carboxylic acids is 1. The SMILES string of the molecule is COC(=O)CC1(NCc2csnn2)CCCCC1. The number of methoxy groups -OCH3 is 1. The summed E-state index contributed by atoms with van der Waals surface area (Å²) in [6, 6.07) is 0. The Labute approximate surface area is 111 Å². The van der Waals surface area contributed by atoms with Crippen molar-refractivity contribution in [1.29, 1.82) is 0 Å². The van der Waals surface area contributed by atoms with Crippen molar-refractivity contribution in [3.8, 4) is 0 Å². The molecule has 0 unspecified atom stereocenters. The molecule has 1 aliphatic carbocycles. The van der Waals surface area contributed by atoms with Gasteiger partial charge in [0.15, 0.2) is 0 Å². The zero-order valence-corrected chi connectivity index (χ0v) is 11.5. The maximum atomic E-state index is 11.6. The average Bonchev–Trinajstić information content (AvgIpc) is 2.91. The zero-order valence-electron chi connectivity index (χ0n) is 10.6. The van der Waals surface area contributed by atoms with E-state index in [1.165, 1.54) is 37.9 Å². The first-order chi connectivity index (χ1) is 8.74. The van der Waals surface area contributed by atoms with Gasteiger partial charge in [0, 0.05) is 17.5 Å². The van der Waals surface area contributed by atoms with Crippen molar-refractivity contribution in [2.75, 3.05) is 7.11 Å². The van der Waals surface area contributed by atoms with Crippen molar-refractivity contribution in [1.82, 2.24) is 14.9 Å². The molecule has 0 aliphatic heterocycles. The van der Waals surface area contributed by atoms with Crippen LogP contribution in [0.15, 0.2) is 5.38 Å². The summed E-state index contributed by atoms with van der Waals surface area (Å²) < 4.78 is 8.66. The number of nitrogens with zero attached hydrogens (tertiary/aromatic N) is 2. The van der Waals surface area contributed by atoms with Crippen LogP contribution >= 0.6 is 11.5 Å². The highest BCUT2D eigenvalue weighted by atomic mass is 32.1. The summed E-state index contributed by atoms with van der Waals surface area (Å²) in [7, 11) is 1.45. The monoisotopic (exact) mass is 269 g/mol. The summed E-state index contributed by atoms with van der Waals surface area (Å²) in [5.41, 5.74) is 0.824. The smallest absolute Gasteiger partial charge is 0.307 e. The molecular formula is C12H19N3O2S. The molecule has 100 valence electrons. The van der Waals surface area contributed by atoms with Gasteiger partial charge < -0.3 is 10.1 Å². The first-order valence-electron chi connectivity index (χ1n) is 6.32. The molecule has 5 nitrogen and oxygen atoms in total. The summed E-state index contributed by atoms with van der Waals surface area (Å²) in [6.45, 7) is 0.674. The van der Waals surface area contributed by atoms with E-state index >= 15 is 0 Å². The number of hydrogen-bond donors (Lipinski definition) is 1. The fourth-order valence-electron chi connectivity index (χ4n) is 2.53. The van der Waals surface area contributed by atoms with Gasteiger partial charge in [0.25, 0.3) is 0 Å². The molecule has 0 radical (unpaired) electrons. The Bertz CT molecular complexity index is 375. The molecular weight excluding hydrogens is 250 g/mol. The van der Waals surface area contributed by atoms with E-state index in [1.54, 1.807) is 0 Å². The molecule has 1 saturated carbocycles. The van der Waals surface area contributed by atoms with Crippen molar-refractivity contribution >= 4 is 17.5 Å². The van der Waals surface area contributed by atoms with Crippen LogP contribution in [0.4, 0.5) is 0 Å². The van der Waals surface area contributed by atoms with Crippen molar-refractivity contribution in [2.45, 2.75) is 50.6 Å². The highest BCUT2D eigenvalue weighted by molar-refractivity contribution is 7.03. The fourth-order valence-corrected chi connectivity index (χ4v) is 2.98. The Kier molecular flexibility index (Phi) is 4.66. The lowest BCUT2D eigenvalue weighted by Crippen LogP contribution is -2.48. The van der Waals surface area contributed by atoms with Gasteiger partial charge >= 0.3 is 5.97 Å². The van der Waals surface area contributed by atoms with E-state index in [0.717, 1.165) is 18.5 Å². The minimum atomic E-state index is -0.138. The van der Waals surface area contributed by atoms with E-state index in [0.29, 0.717) is 13.0 Å². The molecule has 1 heterocycles. The molecule has 1 fully saturated rings. The van der Waals surface area contributed by atoms with Crippen LogP contribution in [0.5, 0.6) is 0 Å². The second kappa shape index (κ2) is 6.24. The summed E-state index contributed by atoms with van der Waals surface area (Å²) in [4.78, 5) is 11.6. The van der Waals surface area contributed by atoms with E-state index in [-0.39, 0.29) is 11.5 Å².